The molecule has 0 heterocycles. The minimum Gasteiger partial charge on any atom is -0.284 e. The molecule has 0 atom stereocenters. The number of anilines is 1. The van der Waals surface area contributed by atoms with Crippen LogP contribution in [0.25, 0.3) is 11.6 Å². The molecule has 1 N–H and O–H groups in total. The topological polar surface area (TPSA) is 46.2 Å². The van der Waals surface area contributed by atoms with Gasteiger partial charge in [-0.2, -0.15) is 0 Å². The molecule has 0 saturated heterocycles. The number of hydrogen-bond donors (Lipinski definition) is 1. The molecule has 0 spiro atoms. The van der Waals surface area contributed by atoms with Crippen LogP contribution in [0.4, 0.5) is 5.69 Å². The van der Waals surface area contributed by atoms with E-state index < -0.39 is 10.0 Å². The molecule has 2 aliphatic carbocycles. The first kappa shape index (κ1) is 19.5. The van der Waals surface area contributed by atoms with Gasteiger partial charge in [-0.1, -0.05) is 54.6 Å². The minimum absolute atomic E-state index is 0.581. The van der Waals surface area contributed by atoms with Gasteiger partial charge in [0.05, 0.1) is 6.26 Å². The fraction of sp³-hybridized carbons (Fsp3) is 0.200. The van der Waals surface area contributed by atoms with Gasteiger partial charge in [0, 0.05) is 5.69 Å². The van der Waals surface area contributed by atoms with Crippen LogP contribution in [0.3, 0.4) is 0 Å². The molecular weight excluding hydrogens is 378 g/mol. The van der Waals surface area contributed by atoms with Crippen LogP contribution in [0.5, 0.6) is 0 Å². The van der Waals surface area contributed by atoms with Crippen molar-refractivity contribution in [2.75, 3.05) is 11.0 Å². The van der Waals surface area contributed by atoms with Crippen molar-refractivity contribution in [1.29, 1.82) is 0 Å². The summed E-state index contributed by atoms with van der Waals surface area (Å²) < 4.78 is 25.9. The molecule has 4 rings (SSSR count). The summed E-state index contributed by atoms with van der Waals surface area (Å²) in [5.41, 5.74) is 9.12. The number of nitrogens with one attached hydrogen (secondary N) is 1. The predicted octanol–water partition coefficient (Wildman–Crippen LogP) is 5.67. The molecular formula is C25H25NO2S. The zero-order valence-electron chi connectivity index (χ0n) is 16.8. The molecule has 2 aliphatic rings. The summed E-state index contributed by atoms with van der Waals surface area (Å²) in [7, 11) is -3.32. The van der Waals surface area contributed by atoms with Crippen molar-refractivity contribution in [1.82, 2.24) is 0 Å². The molecule has 0 radical (unpaired) electrons. The number of hydrogen-bond acceptors (Lipinski definition) is 2. The van der Waals surface area contributed by atoms with Gasteiger partial charge in [-0.15, -0.1) is 0 Å². The lowest BCUT2D eigenvalue weighted by Gasteiger charge is -2.15. The molecule has 0 bridgehead atoms. The van der Waals surface area contributed by atoms with E-state index in [0.29, 0.717) is 5.69 Å². The van der Waals surface area contributed by atoms with Crippen LogP contribution in [0.1, 0.15) is 35.1 Å². The molecule has 148 valence electrons. The van der Waals surface area contributed by atoms with Crippen molar-refractivity contribution in [2.24, 2.45) is 0 Å². The highest BCUT2D eigenvalue weighted by Crippen LogP contribution is 2.39. The molecule has 0 fully saturated rings. The van der Waals surface area contributed by atoms with Crippen LogP contribution in [-0.2, 0) is 16.4 Å². The van der Waals surface area contributed by atoms with Crippen LogP contribution in [-0.4, -0.2) is 14.7 Å². The minimum atomic E-state index is -3.32. The van der Waals surface area contributed by atoms with Crippen LogP contribution in [0, 0.1) is 6.92 Å². The standard InChI is InChI=1S/C25H25NO2S/c1-18-12-15-22(26-29(2,27)28)16-21(18)17-25-23-10-5-3-4-8-19(23)13-14-20-9-6-7-11-24(20)25/h3,5-12,15-17,26H,4,13-14H2,1-2H3/b25-17+. The Morgan fingerprint density at radius 1 is 1.07 bits per heavy atom. The fourth-order valence-corrected chi connectivity index (χ4v) is 4.52. The van der Waals surface area contributed by atoms with E-state index in [2.05, 4.69) is 66.3 Å². The van der Waals surface area contributed by atoms with Crippen molar-refractivity contribution in [3.63, 3.8) is 0 Å². The maximum atomic E-state index is 11.7. The highest BCUT2D eigenvalue weighted by Gasteiger charge is 2.20. The van der Waals surface area contributed by atoms with Gasteiger partial charge in [0.25, 0.3) is 0 Å². The van der Waals surface area contributed by atoms with Gasteiger partial charge >= 0.3 is 0 Å². The van der Waals surface area contributed by atoms with Crippen molar-refractivity contribution in [2.45, 2.75) is 26.2 Å². The number of aryl methyl sites for hydroxylation is 2. The van der Waals surface area contributed by atoms with Crippen molar-refractivity contribution in [3.05, 3.63) is 100 Å². The van der Waals surface area contributed by atoms with E-state index in [1.807, 2.05) is 12.1 Å². The summed E-state index contributed by atoms with van der Waals surface area (Å²) in [4.78, 5) is 0. The average molecular weight is 404 g/mol. The molecule has 0 aliphatic heterocycles. The lowest BCUT2D eigenvalue weighted by Crippen LogP contribution is -2.09. The Morgan fingerprint density at radius 3 is 2.72 bits per heavy atom. The number of benzene rings is 2. The first-order valence-electron chi connectivity index (χ1n) is 9.86. The quantitative estimate of drug-likeness (QED) is 0.718. The van der Waals surface area contributed by atoms with Gasteiger partial charge in [-0.05, 0) is 83.4 Å². The van der Waals surface area contributed by atoms with Gasteiger partial charge in [-0.25, -0.2) is 8.42 Å². The SMILES string of the molecule is Cc1ccc(NS(C)(=O)=O)cc1/C=C1\C2=CC=CCC=C2CCc2ccccc21. The van der Waals surface area contributed by atoms with Crippen LogP contribution < -0.4 is 4.72 Å². The van der Waals surface area contributed by atoms with Gasteiger partial charge in [0.2, 0.25) is 10.0 Å². The Bertz CT molecular complexity index is 1180. The highest BCUT2D eigenvalue weighted by molar-refractivity contribution is 7.92. The molecule has 0 unspecified atom stereocenters. The van der Waals surface area contributed by atoms with E-state index in [-0.39, 0.29) is 0 Å². The zero-order valence-corrected chi connectivity index (χ0v) is 17.6. The van der Waals surface area contributed by atoms with Gasteiger partial charge in [-0.3, -0.25) is 4.72 Å². The van der Waals surface area contributed by atoms with E-state index in [4.69, 9.17) is 0 Å². The summed E-state index contributed by atoms with van der Waals surface area (Å²) in [5, 5.41) is 0. The molecule has 0 amide bonds. The third kappa shape index (κ3) is 4.43. The van der Waals surface area contributed by atoms with Crippen molar-refractivity contribution in [3.8, 4) is 0 Å². The smallest absolute Gasteiger partial charge is 0.229 e. The second-order valence-electron chi connectivity index (χ2n) is 7.63. The number of fused-ring (bicyclic) bond motifs is 2. The van der Waals surface area contributed by atoms with Crippen molar-refractivity contribution >= 4 is 27.4 Å². The van der Waals surface area contributed by atoms with Crippen LogP contribution >= 0.6 is 0 Å². The second kappa shape index (κ2) is 7.88. The summed E-state index contributed by atoms with van der Waals surface area (Å²) in [5.74, 6) is 0. The van der Waals surface area contributed by atoms with Gasteiger partial charge < -0.3 is 0 Å². The fourth-order valence-electron chi connectivity index (χ4n) is 3.97. The second-order valence-corrected chi connectivity index (χ2v) is 9.38. The maximum Gasteiger partial charge on any atom is 0.229 e. The largest absolute Gasteiger partial charge is 0.284 e. The summed E-state index contributed by atoms with van der Waals surface area (Å²) in [6.07, 6.45) is 15.2. The summed E-state index contributed by atoms with van der Waals surface area (Å²) in [6, 6.07) is 14.3. The summed E-state index contributed by atoms with van der Waals surface area (Å²) in [6.45, 7) is 2.05. The first-order chi connectivity index (χ1) is 13.9. The lowest BCUT2D eigenvalue weighted by atomic mass is 9.90. The van der Waals surface area contributed by atoms with Crippen LogP contribution in [0.2, 0.25) is 0 Å². The molecule has 2 aromatic carbocycles. The molecule has 2 aromatic rings. The Labute approximate surface area is 173 Å². The van der Waals surface area contributed by atoms with E-state index in [1.165, 1.54) is 34.1 Å². The highest BCUT2D eigenvalue weighted by atomic mass is 32.2. The van der Waals surface area contributed by atoms with E-state index in [9.17, 15) is 8.42 Å². The predicted molar refractivity (Wildman–Crippen MR) is 122 cm³/mol. The Hall–Kier alpha value is -2.85. The normalized spacial score (nSPS) is 17.5. The zero-order chi connectivity index (χ0) is 20.4. The molecule has 4 heteroatoms. The van der Waals surface area contributed by atoms with Crippen LogP contribution in [0.15, 0.2) is 77.9 Å². The van der Waals surface area contributed by atoms with E-state index in [1.54, 1.807) is 6.07 Å². The number of allylic oxidation sites excluding steroid dienone is 7. The van der Waals surface area contributed by atoms with Crippen molar-refractivity contribution < 1.29 is 8.42 Å². The Kier molecular flexibility index (Phi) is 5.29. The molecule has 0 aromatic heterocycles. The molecule has 3 nitrogen and oxygen atoms in total. The van der Waals surface area contributed by atoms with E-state index >= 15 is 0 Å². The Morgan fingerprint density at radius 2 is 1.90 bits per heavy atom. The first-order valence-corrected chi connectivity index (χ1v) is 11.7. The maximum absolute atomic E-state index is 11.7. The third-order valence-corrected chi connectivity index (χ3v) is 6.00. The molecule has 29 heavy (non-hydrogen) atoms. The number of sulfonamides is 1. The average Bonchev–Trinajstić information content (AvgIpc) is 2.98. The lowest BCUT2D eigenvalue weighted by molar-refractivity contribution is 0.607. The Balaban J connectivity index is 1.91. The monoisotopic (exact) mass is 403 g/mol. The summed E-state index contributed by atoms with van der Waals surface area (Å²) >= 11 is 0. The molecule has 0 saturated carbocycles. The van der Waals surface area contributed by atoms with E-state index in [0.717, 1.165) is 30.4 Å². The number of rotatable bonds is 3. The van der Waals surface area contributed by atoms with Gasteiger partial charge in [0.1, 0.15) is 0 Å². The third-order valence-electron chi connectivity index (χ3n) is 5.39. The van der Waals surface area contributed by atoms with Gasteiger partial charge in [0.15, 0.2) is 0 Å².